The smallest absolute Gasteiger partial charge is 0.265 e. The van der Waals surface area contributed by atoms with Gasteiger partial charge >= 0.3 is 0 Å². The maximum absolute atomic E-state index is 14.4. The molecule has 164 valence electrons. The van der Waals surface area contributed by atoms with Gasteiger partial charge in [0.2, 0.25) is 5.91 Å². The molecule has 2 aliphatic rings. The van der Waals surface area contributed by atoms with Crippen molar-refractivity contribution in [1.82, 2.24) is 4.90 Å². The Morgan fingerprint density at radius 3 is 2.24 bits per heavy atom. The highest BCUT2D eigenvalue weighted by Gasteiger charge is 2.61. The van der Waals surface area contributed by atoms with Gasteiger partial charge < -0.3 is 0 Å². The van der Waals surface area contributed by atoms with Crippen molar-refractivity contribution in [3.8, 4) is 0 Å². The molecule has 0 aliphatic carbocycles. The molecule has 2 aliphatic heterocycles. The first-order valence-corrected chi connectivity index (χ1v) is 11.1. The highest BCUT2D eigenvalue weighted by Crippen LogP contribution is 2.55. The van der Waals surface area contributed by atoms with Crippen molar-refractivity contribution < 1.29 is 14.4 Å². The fourth-order valence-corrected chi connectivity index (χ4v) is 5.03. The summed E-state index contributed by atoms with van der Waals surface area (Å²) in [5, 5.41) is 0. The fourth-order valence-electron chi connectivity index (χ4n) is 5.03. The molecule has 3 aromatic rings. The lowest BCUT2D eigenvalue weighted by molar-refractivity contribution is -0.136. The van der Waals surface area contributed by atoms with E-state index in [1.807, 2.05) is 61.5 Å². The third kappa shape index (κ3) is 2.89. The Hall–Kier alpha value is -3.99. The van der Waals surface area contributed by atoms with Gasteiger partial charge in [0, 0.05) is 23.1 Å². The first-order valence-electron chi connectivity index (χ1n) is 11.1. The zero-order valence-electron chi connectivity index (χ0n) is 18.5. The summed E-state index contributed by atoms with van der Waals surface area (Å²) < 4.78 is 0. The molecule has 1 atom stereocenters. The summed E-state index contributed by atoms with van der Waals surface area (Å²) in [5.74, 6) is -0.974. The van der Waals surface area contributed by atoms with E-state index in [0.29, 0.717) is 28.8 Å². The molecule has 33 heavy (non-hydrogen) atoms. The average molecular weight is 437 g/mol. The Morgan fingerprint density at radius 1 is 0.879 bits per heavy atom. The molecule has 5 heteroatoms. The number of para-hydroxylation sites is 1. The van der Waals surface area contributed by atoms with Crippen LogP contribution in [0.3, 0.4) is 0 Å². The second-order valence-electron chi connectivity index (χ2n) is 8.41. The average Bonchev–Trinajstić information content (AvgIpc) is 3.11. The molecule has 0 fully saturated rings. The van der Waals surface area contributed by atoms with Gasteiger partial charge in [-0.15, -0.1) is 0 Å². The van der Waals surface area contributed by atoms with E-state index in [9.17, 15) is 14.4 Å². The second-order valence-corrected chi connectivity index (χ2v) is 8.41. The molecule has 3 aromatic carbocycles. The van der Waals surface area contributed by atoms with Crippen LogP contribution in [0.1, 0.15) is 46.8 Å². The van der Waals surface area contributed by atoms with E-state index in [-0.39, 0.29) is 24.8 Å². The Balaban J connectivity index is 1.77. The van der Waals surface area contributed by atoms with Crippen molar-refractivity contribution in [1.29, 1.82) is 0 Å². The van der Waals surface area contributed by atoms with Crippen LogP contribution in [0, 0.1) is 0 Å². The molecule has 0 saturated heterocycles. The molecule has 1 spiro atoms. The van der Waals surface area contributed by atoms with Gasteiger partial charge in [0.1, 0.15) is 0 Å². The van der Waals surface area contributed by atoms with Gasteiger partial charge in [-0.05, 0) is 29.7 Å². The van der Waals surface area contributed by atoms with Crippen molar-refractivity contribution in [2.24, 2.45) is 0 Å². The Morgan fingerprint density at radius 2 is 1.52 bits per heavy atom. The van der Waals surface area contributed by atoms with Crippen LogP contribution in [-0.2, 0) is 21.7 Å². The van der Waals surface area contributed by atoms with Crippen LogP contribution < -0.4 is 4.90 Å². The highest BCUT2D eigenvalue weighted by atomic mass is 16.2. The summed E-state index contributed by atoms with van der Waals surface area (Å²) in [6.07, 6.45) is 0.925. The third-order valence-electron chi connectivity index (χ3n) is 6.49. The lowest BCUT2D eigenvalue weighted by Crippen LogP contribution is -2.62. The quantitative estimate of drug-likeness (QED) is 0.545. The molecule has 1 unspecified atom stereocenters. The summed E-state index contributed by atoms with van der Waals surface area (Å²) in [4.78, 5) is 44.3. The first-order chi connectivity index (χ1) is 16.0. The number of carbonyl (C=O) groups excluding carboxylic acids is 3. The molecule has 0 aromatic heterocycles. The number of benzene rings is 3. The monoisotopic (exact) mass is 436 g/mol. The van der Waals surface area contributed by atoms with Crippen LogP contribution in [0.2, 0.25) is 0 Å². The molecule has 0 saturated carbocycles. The van der Waals surface area contributed by atoms with Crippen LogP contribution in [0.4, 0.5) is 5.69 Å². The van der Waals surface area contributed by atoms with E-state index in [0.717, 1.165) is 11.1 Å². The molecule has 5 nitrogen and oxygen atoms in total. The minimum Gasteiger partial charge on any atom is -0.288 e. The molecule has 2 heterocycles. The lowest BCUT2D eigenvalue weighted by Gasteiger charge is -2.45. The standard InChI is InChI=1S/C28H24N2O3/c1-3-11-25(31)30-24-17-10-8-14-21(24)19(2)28(30)23-16-9-7-15-22(23)26(32)29(27(28)33)18-20-12-5-4-6-13-20/h4-10,12-17H,2-3,11,18H2,1H3. The Kier molecular flexibility index (Phi) is 4.97. The van der Waals surface area contributed by atoms with Gasteiger partial charge in [-0.2, -0.15) is 0 Å². The first kappa shape index (κ1) is 20.9. The van der Waals surface area contributed by atoms with Gasteiger partial charge in [-0.25, -0.2) is 0 Å². The summed E-state index contributed by atoms with van der Waals surface area (Å²) >= 11 is 0. The number of imide groups is 1. The number of amides is 3. The molecular weight excluding hydrogens is 412 g/mol. The summed E-state index contributed by atoms with van der Waals surface area (Å²) in [6.45, 7) is 6.38. The van der Waals surface area contributed by atoms with Crippen molar-refractivity contribution >= 4 is 29.0 Å². The Labute approximate surface area is 192 Å². The van der Waals surface area contributed by atoms with Crippen LogP contribution >= 0.6 is 0 Å². The molecule has 5 rings (SSSR count). The minimum atomic E-state index is -1.49. The van der Waals surface area contributed by atoms with Gasteiger partial charge in [0.25, 0.3) is 11.8 Å². The number of rotatable bonds is 4. The second kappa shape index (κ2) is 7.85. The van der Waals surface area contributed by atoms with Crippen molar-refractivity contribution in [3.63, 3.8) is 0 Å². The van der Waals surface area contributed by atoms with E-state index in [2.05, 4.69) is 6.58 Å². The van der Waals surface area contributed by atoms with Crippen molar-refractivity contribution in [2.45, 2.75) is 31.8 Å². The summed E-state index contributed by atoms with van der Waals surface area (Å²) in [7, 11) is 0. The maximum atomic E-state index is 14.4. The predicted octanol–water partition coefficient (Wildman–Crippen LogP) is 4.92. The predicted molar refractivity (Wildman–Crippen MR) is 127 cm³/mol. The van der Waals surface area contributed by atoms with Gasteiger partial charge in [-0.3, -0.25) is 24.2 Å². The summed E-state index contributed by atoms with van der Waals surface area (Å²) in [5.41, 5.74) is 2.19. The van der Waals surface area contributed by atoms with E-state index >= 15 is 0 Å². The van der Waals surface area contributed by atoms with Crippen molar-refractivity contribution in [2.75, 3.05) is 4.90 Å². The minimum absolute atomic E-state index is 0.119. The number of carbonyl (C=O) groups is 3. The van der Waals surface area contributed by atoms with E-state index in [4.69, 9.17) is 0 Å². The molecule has 0 N–H and O–H groups in total. The van der Waals surface area contributed by atoms with Crippen LogP contribution in [0.25, 0.3) is 5.57 Å². The summed E-state index contributed by atoms with van der Waals surface area (Å²) in [6, 6.07) is 23.9. The Bertz CT molecular complexity index is 1300. The number of fused-ring (bicyclic) bond motifs is 3. The zero-order chi connectivity index (χ0) is 23.2. The fraction of sp³-hybridized carbons (Fsp3) is 0.179. The molecule has 0 radical (unpaired) electrons. The number of hydrogen-bond donors (Lipinski definition) is 0. The van der Waals surface area contributed by atoms with Gasteiger partial charge in [-0.1, -0.05) is 80.2 Å². The lowest BCUT2D eigenvalue weighted by atomic mass is 9.75. The topological polar surface area (TPSA) is 57.7 Å². The number of anilines is 1. The SMILES string of the molecule is C=C1c2ccccc2N(C(=O)CCC)C12C(=O)N(Cc1ccccc1)C(=O)c1ccccc12. The highest BCUT2D eigenvalue weighted by molar-refractivity contribution is 6.25. The van der Waals surface area contributed by atoms with Gasteiger partial charge in [0.05, 0.1) is 12.2 Å². The molecular formula is C28H24N2O3. The van der Waals surface area contributed by atoms with Crippen LogP contribution in [0.15, 0.2) is 85.4 Å². The third-order valence-corrected chi connectivity index (χ3v) is 6.49. The normalized spacial score (nSPS) is 19.1. The zero-order valence-corrected chi connectivity index (χ0v) is 18.5. The van der Waals surface area contributed by atoms with E-state index in [1.54, 1.807) is 29.2 Å². The molecule has 3 amide bonds. The van der Waals surface area contributed by atoms with Crippen LogP contribution in [-0.4, -0.2) is 22.6 Å². The largest absolute Gasteiger partial charge is 0.288 e. The molecule has 0 bridgehead atoms. The van der Waals surface area contributed by atoms with Crippen molar-refractivity contribution in [3.05, 3.63) is 108 Å². The maximum Gasteiger partial charge on any atom is 0.265 e. The van der Waals surface area contributed by atoms with E-state index < -0.39 is 11.4 Å². The number of hydrogen-bond acceptors (Lipinski definition) is 3. The van der Waals surface area contributed by atoms with Gasteiger partial charge in [0.15, 0.2) is 5.54 Å². The number of nitrogens with zero attached hydrogens (tertiary/aromatic N) is 2. The van der Waals surface area contributed by atoms with Crippen LogP contribution in [0.5, 0.6) is 0 Å². The van der Waals surface area contributed by atoms with E-state index in [1.165, 1.54) is 4.90 Å².